The first-order valence-electron chi connectivity index (χ1n) is 7.07. The van der Waals surface area contributed by atoms with Crippen LogP contribution in [0, 0.1) is 19.8 Å². The van der Waals surface area contributed by atoms with Gasteiger partial charge < -0.3 is 5.73 Å². The summed E-state index contributed by atoms with van der Waals surface area (Å²) in [5, 5.41) is 12.4. The first-order valence-corrected chi connectivity index (χ1v) is 7.07. The summed E-state index contributed by atoms with van der Waals surface area (Å²) < 4.78 is 1.96. The van der Waals surface area contributed by atoms with Crippen molar-refractivity contribution >= 4 is 5.69 Å². The Bertz CT molecular complexity index is 652. The first kappa shape index (κ1) is 13.1. The molecule has 0 saturated heterocycles. The van der Waals surface area contributed by atoms with Crippen LogP contribution in [0.15, 0.2) is 12.1 Å². The van der Waals surface area contributed by atoms with Crippen molar-refractivity contribution in [2.45, 2.75) is 46.1 Å². The predicted octanol–water partition coefficient (Wildman–Crippen LogP) is 2.68. The molecule has 3 rings (SSSR count). The third kappa shape index (κ3) is 1.97. The molecule has 106 valence electrons. The molecule has 5 heteroatoms. The van der Waals surface area contributed by atoms with Gasteiger partial charge in [-0.05, 0) is 74.1 Å². The minimum Gasteiger partial charge on any atom is -0.398 e. The smallest absolute Gasteiger partial charge is 0.182 e. The molecule has 2 aromatic rings. The Morgan fingerprint density at radius 1 is 1.20 bits per heavy atom. The maximum absolute atomic E-state index is 6.05. The largest absolute Gasteiger partial charge is 0.398 e. The van der Waals surface area contributed by atoms with E-state index in [0.29, 0.717) is 5.92 Å². The summed E-state index contributed by atoms with van der Waals surface area (Å²) in [5.74, 6) is 1.47. The Morgan fingerprint density at radius 3 is 2.55 bits per heavy atom. The van der Waals surface area contributed by atoms with Crippen molar-refractivity contribution < 1.29 is 0 Å². The van der Waals surface area contributed by atoms with E-state index in [9.17, 15) is 0 Å². The van der Waals surface area contributed by atoms with E-state index in [1.54, 1.807) is 0 Å². The molecule has 5 nitrogen and oxygen atoms in total. The number of nitrogen functional groups attached to an aromatic ring is 1. The molecule has 0 aliphatic heterocycles. The van der Waals surface area contributed by atoms with Crippen LogP contribution in [0.5, 0.6) is 0 Å². The highest BCUT2D eigenvalue weighted by atomic mass is 15.6. The van der Waals surface area contributed by atoms with Crippen LogP contribution in [-0.4, -0.2) is 20.2 Å². The van der Waals surface area contributed by atoms with Gasteiger partial charge in [-0.15, -0.1) is 5.10 Å². The van der Waals surface area contributed by atoms with Crippen LogP contribution in [0.3, 0.4) is 0 Å². The molecule has 1 aromatic heterocycles. The van der Waals surface area contributed by atoms with Gasteiger partial charge in [0.1, 0.15) is 0 Å². The zero-order valence-corrected chi connectivity index (χ0v) is 12.5. The quantitative estimate of drug-likeness (QED) is 0.871. The SMILES string of the molecule is Cc1cc(C)c(-c2nnnn2C(C)(C)C2CC2)cc1N. The summed E-state index contributed by atoms with van der Waals surface area (Å²) in [6, 6.07) is 4.07. The molecule has 1 heterocycles. The molecule has 2 N–H and O–H groups in total. The third-order valence-electron chi connectivity index (χ3n) is 4.45. The number of anilines is 1. The lowest BCUT2D eigenvalue weighted by Gasteiger charge is -2.26. The molecule has 0 amide bonds. The number of hydrogen-bond acceptors (Lipinski definition) is 4. The normalized spacial score (nSPS) is 15.6. The van der Waals surface area contributed by atoms with Crippen molar-refractivity contribution in [3.05, 3.63) is 23.3 Å². The van der Waals surface area contributed by atoms with E-state index >= 15 is 0 Å². The van der Waals surface area contributed by atoms with E-state index in [4.69, 9.17) is 5.73 Å². The van der Waals surface area contributed by atoms with Crippen LogP contribution in [0.25, 0.3) is 11.4 Å². The molecule has 0 radical (unpaired) electrons. The van der Waals surface area contributed by atoms with E-state index in [0.717, 1.165) is 28.2 Å². The van der Waals surface area contributed by atoms with Crippen molar-refractivity contribution in [3.8, 4) is 11.4 Å². The van der Waals surface area contributed by atoms with Crippen LogP contribution >= 0.6 is 0 Å². The average Bonchev–Trinajstić information content (AvgIpc) is 3.13. The van der Waals surface area contributed by atoms with Gasteiger partial charge in [-0.1, -0.05) is 6.07 Å². The van der Waals surface area contributed by atoms with Crippen LogP contribution in [-0.2, 0) is 5.54 Å². The van der Waals surface area contributed by atoms with Gasteiger partial charge >= 0.3 is 0 Å². The molecule has 20 heavy (non-hydrogen) atoms. The van der Waals surface area contributed by atoms with Gasteiger partial charge in [0.2, 0.25) is 0 Å². The number of hydrogen-bond donors (Lipinski definition) is 1. The predicted molar refractivity (Wildman–Crippen MR) is 79.2 cm³/mol. The molecule has 0 unspecified atom stereocenters. The Hall–Kier alpha value is -1.91. The van der Waals surface area contributed by atoms with Crippen molar-refractivity contribution in [2.24, 2.45) is 5.92 Å². The molecule has 0 atom stereocenters. The fraction of sp³-hybridized carbons (Fsp3) is 0.533. The van der Waals surface area contributed by atoms with E-state index in [1.165, 1.54) is 12.8 Å². The topological polar surface area (TPSA) is 69.6 Å². The number of nitrogens with zero attached hydrogens (tertiary/aromatic N) is 4. The van der Waals surface area contributed by atoms with Gasteiger partial charge in [-0.2, -0.15) is 0 Å². The zero-order valence-electron chi connectivity index (χ0n) is 12.5. The molecule has 1 aliphatic carbocycles. The number of aryl methyl sites for hydroxylation is 2. The lowest BCUT2D eigenvalue weighted by Crippen LogP contribution is -2.30. The lowest BCUT2D eigenvalue weighted by molar-refractivity contribution is 0.271. The molecule has 1 aromatic carbocycles. The van der Waals surface area contributed by atoms with Gasteiger partial charge in [0, 0.05) is 11.3 Å². The van der Waals surface area contributed by atoms with E-state index in [1.807, 2.05) is 17.7 Å². The van der Waals surface area contributed by atoms with Crippen LogP contribution in [0.4, 0.5) is 5.69 Å². The summed E-state index contributed by atoms with van der Waals surface area (Å²) in [6.45, 7) is 8.50. The second-order valence-corrected chi connectivity index (χ2v) is 6.37. The van der Waals surface area contributed by atoms with Gasteiger partial charge in [0.15, 0.2) is 5.82 Å². The molecule has 1 saturated carbocycles. The van der Waals surface area contributed by atoms with Crippen LogP contribution in [0.2, 0.25) is 0 Å². The van der Waals surface area contributed by atoms with Gasteiger partial charge in [-0.25, -0.2) is 4.68 Å². The Labute approximate surface area is 119 Å². The Balaban J connectivity index is 2.12. The summed E-state index contributed by atoms with van der Waals surface area (Å²) in [4.78, 5) is 0. The highest BCUT2D eigenvalue weighted by molar-refractivity contribution is 5.67. The fourth-order valence-electron chi connectivity index (χ4n) is 2.82. The number of nitrogens with two attached hydrogens (primary N) is 1. The summed E-state index contributed by atoms with van der Waals surface area (Å²) in [7, 11) is 0. The maximum Gasteiger partial charge on any atom is 0.182 e. The third-order valence-corrected chi connectivity index (χ3v) is 4.45. The van der Waals surface area contributed by atoms with Crippen molar-refractivity contribution in [3.63, 3.8) is 0 Å². The monoisotopic (exact) mass is 271 g/mol. The first-order chi connectivity index (χ1) is 9.41. The minimum atomic E-state index is -0.0507. The fourth-order valence-corrected chi connectivity index (χ4v) is 2.82. The average molecular weight is 271 g/mol. The van der Waals surface area contributed by atoms with Gasteiger partial charge in [-0.3, -0.25) is 0 Å². The second-order valence-electron chi connectivity index (χ2n) is 6.37. The second kappa shape index (κ2) is 4.30. The number of rotatable bonds is 3. The summed E-state index contributed by atoms with van der Waals surface area (Å²) in [6.07, 6.45) is 2.50. The molecular formula is C15H21N5. The number of aromatic nitrogens is 4. The van der Waals surface area contributed by atoms with E-state index in [-0.39, 0.29) is 5.54 Å². The Morgan fingerprint density at radius 2 is 1.90 bits per heavy atom. The Kier molecular flexibility index (Phi) is 2.81. The minimum absolute atomic E-state index is 0.0507. The van der Waals surface area contributed by atoms with E-state index in [2.05, 4.69) is 42.4 Å². The van der Waals surface area contributed by atoms with Crippen molar-refractivity contribution in [2.75, 3.05) is 5.73 Å². The standard InChI is InChI=1S/C15H21N5/c1-9-7-10(2)13(16)8-12(9)14-17-18-19-20(14)15(3,4)11-5-6-11/h7-8,11H,5-6,16H2,1-4H3. The molecular weight excluding hydrogens is 250 g/mol. The maximum atomic E-state index is 6.05. The molecule has 0 bridgehead atoms. The number of benzene rings is 1. The molecule has 0 spiro atoms. The van der Waals surface area contributed by atoms with Gasteiger partial charge in [0.25, 0.3) is 0 Å². The number of tetrazole rings is 1. The van der Waals surface area contributed by atoms with Crippen molar-refractivity contribution in [1.29, 1.82) is 0 Å². The van der Waals surface area contributed by atoms with Crippen molar-refractivity contribution in [1.82, 2.24) is 20.2 Å². The van der Waals surface area contributed by atoms with E-state index < -0.39 is 0 Å². The highest BCUT2D eigenvalue weighted by Gasteiger charge is 2.41. The zero-order chi connectivity index (χ0) is 14.5. The summed E-state index contributed by atoms with van der Waals surface area (Å²) >= 11 is 0. The molecule has 1 aliphatic rings. The van der Waals surface area contributed by atoms with Crippen LogP contribution in [0.1, 0.15) is 37.8 Å². The lowest BCUT2D eigenvalue weighted by atomic mass is 9.97. The van der Waals surface area contributed by atoms with Crippen LogP contribution < -0.4 is 5.73 Å². The highest BCUT2D eigenvalue weighted by Crippen LogP contribution is 2.44. The van der Waals surface area contributed by atoms with Gasteiger partial charge in [0.05, 0.1) is 5.54 Å². The molecule has 1 fully saturated rings. The summed E-state index contributed by atoms with van der Waals surface area (Å²) in [5.41, 5.74) is 10.0.